The molecule has 2 aromatic rings. The molecule has 0 aliphatic carbocycles. The number of thiazole rings is 1. The van der Waals surface area contributed by atoms with Crippen LogP contribution in [0.15, 0.2) is 28.6 Å². The summed E-state index contributed by atoms with van der Waals surface area (Å²) in [5, 5.41) is 0. The average Bonchev–Trinajstić information content (AvgIpc) is 3.12. The lowest BCUT2D eigenvalue weighted by Gasteiger charge is -2.24. The summed E-state index contributed by atoms with van der Waals surface area (Å²) in [5.41, 5.74) is 1.09. The van der Waals surface area contributed by atoms with Gasteiger partial charge in [-0.1, -0.05) is 22.9 Å². The Morgan fingerprint density at radius 1 is 0.926 bits per heavy atom. The van der Waals surface area contributed by atoms with E-state index in [1.165, 1.54) is 4.70 Å². The molecule has 1 aromatic carbocycles. The molecule has 0 bridgehead atoms. The number of benzene rings is 1. The molecule has 27 heavy (non-hydrogen) atoms. The first-order valence-corrected chi connectivity index (χ1v) is 19.6. The zero-order valence-corrected chi connectivity index (χ0v) is 22.6. The van der Waals surface area contributed by atoms with Gasteiger partial charge < -0.3 is 13.3 Å². The van der Waals surface area contributed by atoms with Crippen molar-refractivity contribution in [2.24, 2.45) is 0 Å². The maximum absolute atomic E-state index is 5.43. The maximum Gasteiger partial charge on any atom is 0.500 e. The summed E-state index contributed by atoms with van der Waals surface area (Å²) in [6, 6.07) is 9.15. The molecule has 0 saturated heterocycles. The Morgan fingerprint density at radius 2 is 1.63 bits per heavy atom. The fourth-order valence-corrected chi connectivity index (χ4v) is 19.5. The molecule has 0 aliphatic heterocycles. The number of unbranched alkanes of at least 4 members (excludes halogenated alkanes) is 1. The quantitative estimate of drug-likeness (QED) is 0.127. The molecular weight excluding hydrogens is 515 g/mol. The smallest absolute Gasteiger partial charge is 0.377 e. The molecule has 1 aromatic heterocycles. The first-order valence-electron chi connectivity index (χ1n) is 7.87. The highest BCUT2D eigenvalue weighted by molar-refractivity contribution is 9.46. The zero-order chi connectivity index (χ0) is 19.4. The Kier molecular flexibility index (Phi) is 13.5. The summed E-state index contributed by atoms with van der Waals surface area (Å²) >= 11 is 1.75. The Hall–Kier alpha value is 1.66. The van der Waals surface area contributed by atoms with Crippen LogP contribution in [0.3, 0.4) is 0 Å². The number of hydrogen-bond donors (Lipinski definition) is 0. The van der Waals surface area contributed by atoms with Crippen molar-refractivity contribution in [1.29, 1.82) is 0 Å². The minimum absolute atomic E-state index is 0.874. The van der Waals surface area contributed by atoms with Gasteiger partial charge in [-0.15, -0.1) is 11.3 Å². The van der Waals surface area contributed by atoms with Crippen LogP contribution in [0, 0.1) is 0 Å². The summed E-state index contributed by atoms with van der Waals surface area (Å²) in [6.45, 7) is 0. The van der Waals surface area contributed by atoms with Gasteiger partial charge in [-0.3, -0.25) is 0 Å². The molecule has 0 fully saturated rings. The highest BCUT2D eigenvalue weighted by atomic mass is 33.9. The highest BCUT2D eigenvalue weighted by Gasteiger charge is 2.36. The molecule has 0 aliphatic rings. The number of para-hydroxylation sites is 1. The van der Waals surface area contributed by atoms with Crippen LogP contribution in [0.2, 0.25) is 6.04 Å². The fourth-order valence-electron chi connectivity index (χ4n) is 2.08. The lowest BCUT2D eigenvalue weighted by atomic mass is 10.3. The normalized spacial score (nSPS) is 12.1. The third-order valence-electron chi connectivity index (χ3n) is 3.43. The minimum Gasteiger partial charge on any atom is -0.377 e. The van der Waals surface area contributed by atoms with Crippen molar-refractivity contribution >= 4 is 101 Å². The number of aromatic nitrogens is 1. The van der Waals surface area contributed by atoms with Crippen molar-refractivity contribution in [3.63, 3.8) is 0 Å². The number of nitrogens with zero attached hydrogens (tertiary/aromatic N) is 1. The zero-order valence-electron chi connectivity index (χ0n) is 15.1. The molecule has 152 valence electrons. The first-order chi connectivity index (χ1) is 13.2. The second-order valence-electron chi connectivity index (χ2n) is 4.95. The van der Waals surface area contributed by atoms with Crippen LogP contribution in [0.1, 0.15) is 12.8 Å². The molecule has 0 radical (unpaired) electrons. The Balaban J connectivity index is 1.43. The van der Waals surface area contributed by atoms with Crippen molar-refractivity contribution in [2.45, 2.75) is 23.2 Å². The average molecular weight is 536 g/mol. The summed E-state index contributed by atoms with van der Waals surface area (Å²) in [5.74, 6) is 1.12. The van der Waals surface area contributed by atoms with Gasteiger partial charge in [0.05, 0.1) is 10.2 Å². The molecule has 0 atom stereocenters. The van der Waals surface area contributed by atoms with Gasteiger partial charge in [0, 0.05) is 33.1 Å². The SMILES string of the molecule is CO[Si](CCCCSSSSSSSc1nc2ccccc2s1)(OC)OC. The van der Waals surface area contributed by atoms with E-state index in [0.717, 1.165) is 34.5 Å². The third-order valence-corrected chi connectivity index (χ3v) is 20.6. The molecular formula is C14H21NO3S8Si. The molecule has 0 N–H and O–H groups in total. The summed E-state index contributed by atoms with van der Waals surface area (Å²) < 4.78 is 18.7. The molecule has 0 saturated carbocycles. The van der Waals surface area contributed by atoms with E-state index >= 15 is 0 Å². The van der Waals surface area contributed by atoms with Crippen LogP contribution in [0.5, 0.6) is 0 Å². The van der Waals surface area contributed by atoms with E-state index in [9.17, 15) is 0 Å². The van der Waals surface area contributed by atoms with Crippen LogP contribution in [-0.2, 0) is 13.3 Å². The van der Waals surface area contributed by atoms with Crippen molar-refractivity contribution in [3.8, 4) is 0 Å². The Morgan fingerprint density at radius 3 is 2.37 bits per heavy atom. The van der Waals surface area contributed by atoms with Crippen LogP contribution in [0.4, 0.5) is 0 Å². The molecule has 4 nitrogen and oxygen atoms in total. The second kappa shape index (κ2) is 14.6. The molecule has 2 rings (SSSR count). The van der Waals surface area contributed by atoms with Crippen molar-refractivity contribution in [3.05, 3.63) is 24.3 Å². The van der Waals surface area contributed by atoms with Crippen LogP contribution in [-0.4, -0.2) is 40.9 Å². The minimum atomic E-state index is -2.39. The fraction of sp³-hybridized carbons (Fsp3) is 0.500. The molecule has 0 unspecified atom stereocenters. The van der Waals surface area contributed by atoms with Gasteiger partial charge in [0.1, 0.15) is 0 Å². The van der Waals surface area contributed by atoms with Crippen LogP contribution < -0.4 is 0 Å². The van der Waals surface area contributed by atoms with Gasteiger partial charge in [-0.05, 0) is 84.9 Å². The molecule has 1 heterocycles. The van der Waals surface area contributed by atoms with Gasteiger partial charge in [0.15, 0.2) is 4.34 Å². The monoisotopic (exact) mass is 535 g/mol. The van der Waals surface area contributed by atoms with E-state index in [-0.39, 0.29) is 0 Å². The first kappa shape index (κ1) is 24.9. The van der Waals surface area contributed by atoms with E-state index in [1.807, 2.05) is 36.5 Å². The lowest BCUT2D eigenvalue weighted by molar-refractivity contribution is 0.123. The molecule has 0 amide bonds. The lowest BCUT2D eigenvalue weighted by Crippen LogP contribution is -2.42. The van der Waals surface area contributed by atoms with Crippen LogP contribution >= 0.6 is 82.1 Å². The van der Waals surface area contributed by atoms with Crippen molar-refractivity contribution < 1.29 is 13.3 Å². The summed E-state index contributed by atoms with van der Waals surface area (Å²) in [4.78, 5) is 4.62. The van der Waals surface area contributed by atoms with E-state index in [1.54, 1.807) is 72.9 Å². The van der Waals surface area contributed by atoms with E-state index < -0.39 is 8.80 Å². The topological polar surface area (TPSA) is 40.6 Å². The third kappa shape index (κ3) is 9.13. The van der Waals surface area contributed by atoms with E-state index in [0.29, 0.717) is 0 Å². The predicted octanol–water partition coefficient (Wildman–Crippen LogP) is 7.94. The van der Waals surface area contributed by atoms with Gasteiger partial charge >= 0.3 is 8.80 Å². The van der Waals surface area contributed by atoms with Gasteiger partial charge in [-0.25, -0.2) is 4.98 Å². The van der Waals surface area contributed by atoms with Gasteiger partial charge in [0.2, 0.25) is 0 Å². The van der Waals surface area contributed by atoms with E-state index in [4.69, 9.17) is 13.3 Å². The summed E-state index contributed by atoms with van der Waals surface area (Å²) in [7, 11) is 15.3. The number of fused-ring (bicyclic) bond motifs is 1. The van der Waals surface area contributed by atoms with Crippen molar-refractivity contribution in [2.75, 3.05) is 27.1 Å². The Labute approximate surface area is 192 Å². The summed E-state index contributed by atoms with van der Waals surface area (Å²) in [6.07, 6.45) is 2.21. The predicted molar refractivity (Wildman–Crippen MR) is 137 cm³/mol. The molecule has 0 spiro atoms. The van der Waals surface area contributed by atoms with Crippen LogP contribution in [0.25, 0.3) is 10.2 Å². The second-order valence-corrected chi connectivity index (χ2v) is 20.6. The largest absolute Gasteiger partial charge is 0.500 e. The van der Waals surface area contributed by atoms with E-state index in [2.05, 4.69) is 23.2 Å². The van der Waals surface area contributed by atoms with Crippen molar-refractivity contribution in [1.82, 2.24) is 4.98 Å². The number of rotatable bonds is 15. The highest BCUT2D eigenvalue weighted by Crippen LogP contribution is 2.56. The van der Waals surface area contributed by atoms with Gasteiger partial charge in [-0.2, -0.15) is 0 Å². The standard InChI is InChI=1S/C14H21NO3S8Si/c1-16-27(17-2,18-3)11-7-6-10-19-22-24-26-25-23-21-14-15-12-8-4-5-9-13(12)20-14/h4-5,8-9H,6-7,10-11H2,1-3H3. The molecule has 13 heteroatoms. The van der Waals surface area contributed by atoms with Gasteiger partial charge in [0.25, 0.3) is 0 Å². The number of hydrogen-bond acceptors (Lipinski definition) is 12. The maximum atomic E-state index is 5.43. The Bertz CT molecular complexity index is 619.